The van der Waals surface area contributed by atoms with Gasteiger partial charge in [0.05, 0.1) is 0 Å². The fraction of sp³-hybridized carbons (Fsp3) is 0.611. The van der Waals surface area contributed by atoms with E-state index in [-0.39, 0.29) is 5.91 Å². The van der Waals surface area contributed by atoms with Gasteiger partial charge in [-0.2, -0.15) is 11.3 Å². The summed E-state index contributed by atoms with van der Waals surface area (Å²) in [6.45, 7) is 2.16. The number of nitrogens with one attached hydrogen (secondary N) is 1. The number of hydrogen-bond donors (Lipinski definition) is 1. The van der Waals surface area contributed by atoms with Gasteiger partial charge < -0.3 is 9.73 Å². The van der Waals surface area contributed by atoms with Crippen molar-refractivity contribution in [2.45, 2.75) is 64.3 Å². The van der Waals surface area contributed by atoms with Gasteiger partial charge in [0.25, 0.3) is 0 Å². The lowest BCUT2D eigenvalue weighted by atomic mass is 9.83. The second-order valence-corrected chi connectivity index (χ2v) is 7.27. The van der Waals surface area contributed by atoms with Crippen molar-refractivity contribution >= 4 is 17.2 Å². The lowest BCUT2D eigenvalue weighted by Gasteiger charge is -2.30. The van der Waals surface area contributed by atoms with Gasteiger partial charge in [-0.05, 0) is 36.6 Å². The summed E-state index contributed by atoms with van der Waals surface area (Å²) in [7, 11) is 0. The maximum atomic E-state index is 12.3. The van der Waals surface area contributed by atoms with E-state index in [0.717, 1.165) is 12.0 Å². The predicted molar refractivity (Wildman–Crippen MR) is 94.7 cm³/mol. The number of nitrogens with zero attached hydrogens (tertiary/aromatic N) is 2. The molecule has 1 N–H and O–H groups in total. The van der Waals surface area contributed by atoms with Crippen molar-refractivity contribution in [1.29, 1.82) is 0 Å². The van der Waals surface area contributed by atoms with Crippen LogP contribution < -0.4 is 5.32 Å². The molecule has 1 saturated carbocycles. The number of rotatable bonds is 7. The summed E-state index contributed by atoms with van der Waals surface area (Å²) in [4.78, 5) is 12.3. The molecular weight excluding hydrogens is 322 g/mol. The van der Waals surface area contributed by atoms with E-state index in [2.05, 4.69) is 22.4 Å². The summed E-state index contributed by atoms with van der Waals surface area (Å²) < 4.78 is 5.63. The van der Waals surface area contributed by atoms with Crippen LogP contribution in [0.25, 0.3) is 11.5 Å². The first kappa shape index (κ1) is 17.1. The molecule has 2 heterocycles. The second-order valence-electron chi connectivity index (χ2n) is 6.49. The van der Waals surface area contributed by atoms with E-state index in [1.54, 1.807) is 11.3 Å². The molecule has 0 unspecified atom stereocenters. The van der Waals surface area contributed by atoms with Crippen LogP contribution in [0.5, 0.6) is 0 Å². The molecule has 1 aliphatic carbocycles. The van der Waals surface area contributed by atoms with Crippen LogP contribution in [0.4, 0.5) is 0 Å². The zero-order chi connectivity index (χ0) is 16.8. The third kappa shape index (κ3) is 4.44. The zero-order valence-electron chi connectivity index (χ0n) is 14.2. The predicted octanol–water partition coefficient (Wildman–Crippen LogP) is 4.21. The van der Waals surface area contributed by atoms with Gasteiger partial charge in [-0.25, -0.2) is 0 Å². The summed E-state index contributed by atoms with van der Waals surface area (Å²) in [5.41, 5.74) is 0.937. The number of thiophene rings is 1. The molecule has 0 radical (unpaired) electrons. The highest BCUT2D eigenvalue weighted by Gasteiger charge is 2.23. The summed E-state index contributed by atoms with van der Waals surface area (Å²) in [5, 5.41) is 15.2. The quantitative estimate of drug-likeness (QED) is 0.815. The number of aryl methyl sites for hydroxylation is 1. The van der Waals surface area contributed by atoms with Crippen LogP contribution in [-0.2, 0) is 11.2 Å². The van der Waals surface area contributed by atoms with Crippen LogP contribution in [0.3, 0.4) is 0 Å². The highest BCUT2D eigenvalue weighted by atomic mass is 32.1. The third-order valence-electron chi connectivity index (χ3n) is 4.81. The Bertz CT molecular complexity index is 632. The van der Waals surface area contributed by atoms with Crippen molar-refractivity contribution < 1.29 is 9.21 Å². The molecule has 24 heavy (non-hydrogen) atoms. The Hall–Kier alpha value is -1.69. The topological polar surface area (TPSA) is 68.0 Å². The largest absolute Gasteiger partial charge is 0.421 e. The summed E-state index contributed by atoms with van der Waals surface area (Å²) in [6.07, 6.45) is 8.30. The second kappa shape index (κ2) is 8.42. The van der Waals surface area contributed by atoms with Crippen molar-refractivity contribution in [1.82, 2.24) is 15.5 Å². The van der Waals surface area contributed by atoms with Crippen LogP contribution in [0.2, 0.25) is 0 Å². The van der Waals surface area contributed by atoms with Crippen LogP contribution >= 0.6 is 11.3 Å². The molecule has 0 spiro atoms. The van der Waals surface area contributed by atoms with Gasteiger partial charge in [0.15, 0.2) is 0 Å². The fourth-order valence-corrected chi connectivity index (χ4v) is 4.08. The van der Waals surface area contributed by atoms with E-state index in [9.17, 15) is 4.79 Å². The highest BCUT2D eigenvalue weighted by Crippen LogP contribution is 2.27. The van der Waals surface area contributed by atoms with E-state index in [1.165, 1.54) is 32.1 Å². The van der Waals surface area contributed by atoms with Crippen molar-refractivity contribution in [2.75, 3.05) is 0 Å². The highest BCUT2D eigenvalue weighted by molar-refractivity contribution is 7.08. The maximum absolute atomic E-state index is 12.3. The van der Waals surface area contributed by atoms with Crippen LogP contribution in [-0.4, -0.2) is 22.1 Å². The van der Waals surface area contributed by atoms with Gasteiger partial charge in [-0.3, -0.25) is 4.79 Å². The molecule has 5 nitrogen and oxygen atoms in total. The van der Waals surface area contributed by atoms with Gasteiger partial charge in [0.2, 0.25) is 17.7 Å². The Morgan fingerprint density at radius 3 is 2.92 bits per heavy atom. The third-order valence-corrected chi connectivity index (χ3v) is 5.49. The minimum Gasteiger partial charge on any atom is -0.421 e. The molecular formula is C18H25N3O2S. The Morgan fingerprint density at radius 2 is 2.21 bits per heavy atom. The van der Waals surface area contributed by atoms with Gasteiger partial charge in [-0.15, -0.1) is 10.2 Å². The monoisotopic (exact) mass is 347 g/mol. The molecule has 0 aliphatic heterocycles. The number of carbonyl (C=O) groups is 1. The Labute approximate surface area is 146 Å². The van der Waals surface area contributed by atoms with Crippen LogP contribution in [0.1, 0.15) is 57.8 Å². The zero-order valence-corrected chi connectivity index (χ0v) is 15.0. The first-order valence-corrected chi connectivity index (χ1v) is 9.85. The molecule has 6 heteroatoms. The smallest absolute Gasteiger partial charge is 0.248 e. The molecule has 3 rings (SSSR count). The molecule has 2 aromatic rings. The average molecular weight is 347 g/mol. The molecule has 1 fully saturated rings. The van der Waals surface area contributed by atoms with Crippen molar-refractivity contribution in [3.05, 3.63) is 22.7 Å². The van der Waals surface area contributed by atoms with E-state index in [0.29, 0.717) is 36.6 Å². The molecule has 130 valence electrons. The molecule has 2 aromatic heterocycles. The number of amides is 1. The molecule has 0 aromatic carbocycles. The van der Waals surface area contributed by atoms with Gasteiger partial charge >= 0.3 is 0 Å². The lowest BCUT2D eigenvalue weighted by molar-refractivity contribution is -0.122. The minimum atomic E-state index is 0.0858. The molecule has 0 saturated heterocycles. The van der Waals surface area contributed by atoms with E-state index in [4.69, 9.17) is 4.42 Å². The summed E-state index contributed by atoms with van der Waals surface area (Å²) in [6, 6.07) is 2.26. The van der Waals surface area contributed by atoms with Gasteiger partial charge in [-0.1, -0.05) is 26.2 Å². The summed E-state index contributed by atoms with van der Waals surface area (Å²) >= 11 is 1.59. The first-order chi connectivity index (χ1) is 11.8. The fourth-order valence-electron chi connectivity index (χ4n) is 3.45. The first-order valence-electron chi connectivity index (χ1n) is 8.90. The van der Waals surface area contributed by atoms with Gasteiger partial charge in [0, 0.05) is 29.8 Å². The van der Waals surface area contributed by atoms with Crippen molar-refractivity contribution in [3.63, 3.8) is 0 Å². The number of hydrogen-bond acceptors (Lipinski definition) is 5. The summed E-state index contributed by atoms with van der Waals surface area (Å²) in [5.74, 6) is 1.78. The van der Waals surface area contributed by atoms with Crippen molar-refractivity contribution in [2.24, 2.45) is 5.92 Å². The van der Waals surface area contributed by atoms with E-state index >= 15 is 0 Å². The Kier molecular flexibility index (Phi) is 6.01. The standard InChI is InChI=1S/C18H25N3O2S/c1-2-15(13-6-4-3-5-7-13)19-16(22)8-9-17-20-21-18(23-17)14-10-11-24-12-14/h10-13,15H,2-9H2,1H3,(H,19,22)/t15-/m0/s1. The average Bonchev–Trinajstić information content (AvgIpc) is 3.29. The molecule has 1 atom stereocenters. The van der Waals surface area contributed by atoms with E-state index in [1.807, 2.05) is 16.8 Å². The molecule has 0 bridgehead atoms. The van der Waals surface area contributed by atoms with E-state index < -0.39 is 0 Å². The maximum Gasteiger partial charge on any atom is 0.248 e. The SMILES string of the molecule is CC[C@H](NC(=O)CCc1nnc(-c2ccsc2)o1)C1CCCCC1. The minimum absolute atomic E-state index is 0.0858. The van der Waals surface area contributed by atoms with Crippen molar-refractivity contribution in [3.8, 4) is 11.5 Å². The number of aromatic nitrogens is 2. The van der Waals surface area contributed by atoms with Gasteiger partial charge in [0.1, 0.15) is 0 Å². The molecule has 1 aliphatic rings. The lowest BCUT2D eigenvalue weighted by Crippen LogP contribution is -2.40. The Balaban J connectivity index is 1.48. The normalized spacial score (nSPS) is 16.9. The van der Waals surface area contributed by atoms with Crippen LogP contribution in [0, 0.1) is 5.92 Å². The number of carbonyl (C=O) groups excluding carboxylic acids is 1. The van der Waals surface area contributed by atoms with Crippen LogP contribution in [0.15, 0.2) is 21.2 Å². The molecule has 1 amide bonds. The Morgan fingerprint density at radius 1 is 1.38 bits per heavy atom.